The van der Waals surface area contributed by atoms with Crippen LogP contribution in [0.1, 0.15) is 22.6 Å². The molecule has 0 spiro atoms. The first-order valence-electron chi connectivity index (χ1n) is 6.33. The van der Waals surface area contributed by atoms with Gasteiger partial charge in [0.05, 0.1) is 6.10 Å². The Morgan fingerprint density at radius 3 is 2.67 bits per heavy atom. The summed E-state index contributed by atoms with van der Waals surface area (Å²) in [5, 5.41) is 13.6. The van der Waals surface area contributed by atoms with Gasteiger partial charge in [-0.15, -0.1) is 0 Å². The van der Waals surface area contributed by atoms with Crippen LogP contribution in [-0.4, -0.2) is 17.8 Å². The molecule has 2 atom stereocenters. The molecule has 2 N–H and O–H groups in total. The van der Waals surface area contributed by atoms with Gasteiger partial charge in [0.25, 0.3) is 0 Å². The normalized spacial score (nSPS) is 22.1. The molecule has 0 fully saturated rings. The monoisotopic (exact) mass is 239 g/mol. The molecule has 1 aliphatic rings. The number of fused-ring (bicyclic) bond motifs is 1. The molecule has 0 unspecified atom stereocenters. The summed E-state index contributed by atoms with van der Waals surface area (Å²) < 4.78 is 0. The number of benzene rings is 2. The predicted octanol–water partition coefficient (Wildman–Crippen LogP) is 2.91. The highest BCUT2D eigenvalue weighted by Gasteiger charge is 2.29. The number of hydrogen-bond donors (Lipinski definition) is 2. The number of nitrogens with one attached hydrogen (secondary N) is 1. The zero-order valence-corrected chi connectivity index (χ0v) is 10.4. The van der Waals surface area contributed by atoms with Crippen LogP contribution in [0.5, 0.6) is 0 Å². The van der Waals surface area contributed by atoms with Crippen molar-refractivity contribution in [2.75, 3.05) is 11.9 Å². The quantitative estimate of drug-likeness (QED) is 0.802. The van der Waals surface area contributed by atoms with Crippen LogP contribution in [-0.2, 0) is 0 Å². The van der Waals surface area contributed by atoms with Gasteiger partial charge < -0.3 is 10.4 Å². The first kappa shape index (κ1) is 11.3. The second-order valence-electron chi connectivity index (χ2n) is 4.93. The summed E-state index contributed by atoms with van der Waals surface area (Å²) in [6.45, 7) is 2.69. The van der Waals surface area contributed by atoms with E-state index in [4.69, 9.17) is 0 Å². The Labute approximate surface area is 107 Å². The molecule has 1 aliphatic heterocycles. The number of β-amino-alcohol motifs (C(OH)–C–C–N with tert-alkyl or cyclic N) is 1. The SMILES string of the molecule is Cc1ccc2c(c1)NC[C@@H](O)[C@@H]2c1ccccc1. The second-order valence-corrected chi connectivity index (χ2v) is 4.93. The molecule has 0 saturated heterocycles. The van der Waals surface area contributed by atoms with Gasteiger partial charge in [-0.25, -0.2) is 0 Å². The number of aryl methyl sites for hydroxylation is 1. The van der Waals surface area contributed by atoms with E-state index in [-0.39, 0.29) is 12.0 Å². The van der Waals surface area contributed by atoms with E-state index in [1.807, 2.05) is 18.2 Å². The number of hydrogen-bond acceptors (Lipinski definition) is 2. The Morgan fingerprint density at radius 1 is 1.11 bits per heavy atom. The van der Waals surface area contributed by atoms with Crippen LogP contribution in [0.4, 0.5) is 5.69 Å². The topological polar surface area (TPSA) is 32.3 Å². The maximum Gasteiger partial charge on any atom is 0.0822 e. The minimum absolute atomic E-state index is 0.0723. The molecule has 18 heavy (non-hydrogen) atoms. The van der Waals surface area contributed by atoms with Crippen LogP contribution in [0.15, 0.2) is 48.5 Å². The minimum Gasteiger partial charge on any atom is -0.390 e. The van der Waals surface area contributed by atoms with E-state index in [9.17, 15) is 5.11 Å². The molecule has 3 rings (SSSR count). The molecular formula is C16H17NO. The molecule has 2 heteroatoms. The third-order valence-corrected chi connectivity index (χ3v) is 3.59. The summed E-state index contributed by atoms with van der Waals surface area (Å²) in [5.41, 5.74) is 4.75. The van der Waals surface area contributed by atoms with Crippen LogP contribution < -0.4 is 5.32 Å². The van der Waals surface area contributed by atoms with Crippen LogP contribution >= 0.6 is 0 Å². The lowest BCUT2D eigenvalue weighted by molar-refractivity contribution is 0.165. The molecule has 0 saturated carbocycles. The molecule has 92 valence electrons. The van der Waals surface area contributed by atoms with Gasteiger partial charge in [-0.1, -0.05) is 42.5 Å². The van der Waals surface area contributed by atoms with Gasteiger partial charge in [0.2, 0.25) is 0 Å². The summed E-state index contributed by atoms with van der Waals surface area (Å²) in [7, 11) is 0. The Morgan fingerprint density at radius 2 is 1.89 bits per heavy atom. The average molecular weight is 239 g/mol. The molecule has 0 aromatic heterocycles. The van der Waals surface area contributed by atoms with Crippen molar-refractivity contribution in [3.05, 3.63) is 65.2 Å². The smallest absolute Gasteiger partial charge is 0.0822 e. The third kappa shape index (κ3) is 1.89. The molecule has 2 aromatic rings. The Balaban J connectivity index is 2.10. The number of rotatable bonds is 1. The van der Waals surface area contributed by atoms with Crippen molar-refractivity contribution in [3.63, 3.8) is 0 Å². The Bertz CT molecular complexity index is 550. The molecule has 0 bridgehead atoms. The molecular weight excluding hydrogens is 222 g/mol. The Kier molecular flexibility index (Phi) is 2.80. The Hall–Kier alpha value is -1.80. The van der Waals surface area contributed by atoms with Gasteiger partial charge in [-0.3, -0.25) is 0 Å². The highest BCUT2D eigenvalue weighted by molar-refractivity contribution is 5.59. The van der Waals surface area contributed by atoms with Crippen LogP contribution in [0.25, 0.3) is 0 Å². The van der Waals surface area contributed by atoms with E-state index in [1.165, 1.54) is 16.7 Å². The molecule has 1 heterocycles. The first-order valence-corrected chi connectivity index (χ1v) is 6.33. The van der Waals surface area contributed by atoms with E-state index in [2.05, 4.69) is 42.6 Å². The third-order valence-electron chi connectivity index (χ3n) is 3.59. The lowest BCUT2D eigenvalue weighted by Gasteiger charge is -2.32. The average Bonchev–Trinajstić information content (AvgIpc) is 2.40. The molecule has 0 aliphatic carbocycles. The van der Waals surface area contributed by atoms with Crippen LogP contribution in [0.2, 0.25) is 0 Å². The van der Waals surface area contributed by atoms with E-state index in [0.717, 1.165) is 5.69 Å². The zero-order chi connectivity index (χ0) is 12.5. The molecule has 0 amide bonds. The summed E-state index contributed by atoms with van der Waals surface area (Å²) in [6, 6.07) is 16.6. The van der Waals surface area contributed by atoms with Gasteiger partial charge >= 0.3 is 0 Å². The maximum atomic E-state index is 10.3. The van der Waals surface area contributed by atoms with Crippen molar-refractivity contribution in [3.8, 4) is 0 Å². The fourth-order valence-corrected chi connectivity index (χ4v) is 2.70. The van der Waals surface area contributed by atoms with Gasteiger partial charge in [-0.05, 0) is 29.7 Å². The fraction of sp³-hybridized carbons (Fsp3) is 0.250. The largest absolute Gasteiger partial charge is 0.390 e. The van der Waals surface area contributed by atoms with E-state index in [0.29, 0.717) is 6.54 Å². The van der Waals surface area contributed by atoms with Gasteiger partial charge in [0.15, 0.2) is 0 Å². The van der Waals surface area contributed by atoms with Crippen molar-refractivity contribution >= 4 is 5.69 Å². The van der Waals surface area contributed by atoms with E-state index in [1.54, 1.807) is 0 Å². The fourth-order valence-electron chi connectivity index (χ4n) is 2.70. The van der Waals surface area contributed by atoms with E-state index < -0.39 is 0 Å². The number of aliphatic hydroxyl groups excluding tert-OH is 1. The van der Waals surface area contributed by atoms with Crippen molar-refractivity contribution in [2.45, 2.75) is 18.9 Å². The summed E-state index contributed by atoms with van der Waals surface area (Å²) in [4.78, 5) is 0. The standard InChI is InChI=1S/C16H17NO/c1-11-7-8-13-14(9-11)17-10-15(18)16(13)12-5-3-2-4-6-12/h2-9,15-18H,10H2,1H3/t15-,16-/m1/s1. The van der Waals surface area contributed by atoms with Crippen molar-refractivity contribution < 1.29 is 5.11 Å². The zero-order valence-electron chi connectivity index (χ0n) is 10.4. The van der Waals surface area contributed by atoms with Gasteiger partial charge in [-0.2, -0.15) is 0 Å². The van der Waals surface area contributed by atoms with E-state index >= 15 is 0 Å². The highest BCUT2D eigenvalue weighted by Crippen LogP contribution is 2.36. The second kappa shape index (κ2) is 4.46. The first-order chi connectivity index (χ1) is 8.75. The number of anilines is 1. The van der Waals surface area contributed by atoms with Crippen LogP contribution in [0.3, 0.4) is 0 Å². The lowest BCUT2D eigenvalue weighted by Crippen LogP contribution is -2.33. The summed E-state index contributed by atoms with van der Waals surface area (Å²) in [5.74, 6) is 0.0723. The van der Waals surface area contributed by atoms with Crippen molar-refractivity contribution in [1.82, 2.24) is 0 Å². The van der Waals surface area contributed by atoms with Crippen molar-refractivity contribution in [1.29, 1.82) is 0 Å². The molecule has 2 aromatic carbocycles. The van der Waals surface area contributed by atoms with Gasteiger partial charge in [0, 0.05) is 18.2 Å². The minimum atomic E-state index is -0.373. The predicted molar refractivity (Wildman–Crippen MR) is 74.0 cm³/mol. The summed E-state index contributed by atoms with van der Waals surface area (Å²) in [6.07, 6.45) is -0.373. The van der Waals surface area contributed by atoms with Crippen LogP contribution in [0, 0.1) is 6.92 Å². The molecule has 2 nitrogen and oxygen atoms in total. The van der Waals surface area contributed by atoms with Gasteiger partial charge in [0.1, 0.15) is 0 Å². The van der Waals surface area contributed by atoms with Crippen molar-refractivity contribution in [2.24, 2.45) is 0 Å². The summed E-state index contributed by atoms with van der Waals surface area (Å²) >= 11 is 0. The lowest BCUT2D eigenvalue weighted by atomic mass is 9.83. The highest BCUT2D eigenvalue weighted by atomic mass is 16.3. The molecule has 0 radical (unpaired) electrons. The maximum absolute atomic E-state index is 10.3. The number of aliphatic hydroxyl groups is 1.